The first kappa shape index (κ1) is 17.9. The fraction of sp³-hybridized carbons (Fsp3) is 0.526. The molecule has 1 aromatic carbocycles. The molecule has 0 spiro atoms. The quantitative estimate of drug-likeness (QED) is 0.838. The number of amides is 3. The Balaban J connectivity index is 1.79. The molecule has 1 aliphatic heterocycles. The zero-order valence-electron chi connectivity index (χ0n) is 15.0. The molecular weight excluding hydrogens is 340 g/mol. The fourth-order valence-corrected chi connectivity index (χ4v) is 4.30. The molecule has 1 heterocycles. The summed E-state index contributed by atoms with van der Waals surface area (Å²) in [5.41, 5.74) is 0.362. The van der Waals surface area contributed by atoms with E-state index in [0.717, 1.165) is 10.5 Å². The second-order valence-corrected chi connectivity index (χ2v) is 8.24. The van der Waals surface area contributed by atoms with Gasteiger partial charge in [-0.25, -0.2) is 0 Å². The van der Waals surface area contributed by atoms with E-state index < -0.39 is 11.3 Å². The van der Waals surface area contributed by atoms with E-state index in [-0.39, 0.29) is 29.7 Å². The maximum absolute atomic E-state index is 12.9. The smallest absolute Gasteiger partial charge is 0.244 e. The lowest BCUT2D eigenvalue weighted by molar-refractivity contribution is -0.168. The van der Waals surface area contributed by atoms with Gasteiger partial charge in [-0.15, -0.1) is 0 Å². The molecule has 2 aliphatic rings. The SMILES string of the molecule is Cc1c(Cl)cccc1NC(=O)CN1C(=O)C2CCC(C)(C1=O)C2(C)C. The van der Waals surface area contributed by atoms with Crippen molar-refractivity contribution in [2.75, 3.05) is 11.9 Å². The van der Waals surface area contributed by atoms with Crippen molar-refractivity contribution in [3.8, 4) is 0 Å². The van der Waals surface area contributed by atoms with Gasteiger partial charge in [0, 0.05) is 16.6 Å². The van der Waals surface area contributed by atoms with E-state index in [4.69, 9.17) is 11.6 Å². The first-order chi connectivity index (χ1) is 11.6. The van der Waals surface area contributed by atoms with Gasteiger partial charge in [0.15, 0.2) is 0 Å². The standard InChI is InChI=1S/C19H23ClN2O3/c1-11-13(20)6-5-7-14(11)21-15(23)10-22-16(24)12-8-9-19(4,17(22)25)18(12,2)3/h5-7,12H,8-10H2,1-4H3,(H,21,23). The molecule has 6 heteroatoms. The van der Waals surface area contributed by atoms with Crippen LogP contribution in [-0.2, 0) is 14.4 Å². The number of carbonyl (C=O) groups is 3. The van der Waals surface area contributed by atoms with Crippen LogP contribution in [0.25, 0.3) is 0 Å². The number of carbonyl (C=O) groups excluding carboxylic acids is 3. The van der Waals surface area contributed by atoms with Crippen LogP contribution in [0.4, 0.5) is 5.69 Å². The van der Waals surface area contributed by atoms with Gasteiger partial charge in [0.05, 0.1) is 5.41 Å². The van der Waals surface area contributed by atoms with Crippen molar-refractivity contribution in [2.24, 2.45) is 16.7 Å². The summed E-state index contributed by atoms with van der Waals surface area (Å²) in [5, 5.41) is 3.30. The van der Waals surface area contributed by atoms with E-state index in [1.165, 1.54) is 0 Å². The number of hydrogen-bond donors (Lipinski definition) is 1. The van der Waals surface area contributed by atoms with E-state index in [1.54, 1.807) is 25.1 Å². The highest BCUT2D eigenvalue weighted by atomic mass is 35.5. The molecular formula is C19H23ClN2O3. The normalized spacial score (nSPS) is 27.6. The van der Waals surface area contributed by atoms with Crippen molar-refractivity contribution >= 4 is 35.0 Å². The van der Waals surface area contributed by atoms with Crippen molar-refractivity contribution in [1.29, 1.82) is 0 Å². The largest absolute Gasteiger partial charge is 0.324 e. The summed E-state index contributed by atoms with van der Waals surface area (Å²) in [4.78, 5) is 39.3. The van der Waals surface area contributed by atoms with E-state index in [0.29, 0.717) is 23.6 Å². The van der Waals surface area contributed by atoms with Crippen LogP contribution in [0.5, 0.6) is 0 Å². The molecule has 2 fully saturated rings. The topological polar surface area (TPSA) is 66.5 Å². The Hall–Kier alpha value is -1.88. The number of halogens is 1. The number of piperidine rings is 1. The molecule has 1 saturated heterocycles. The Kier molecular flexibility index (Phi) is 4.18. The Morgan fingerprint density at radius 1 is 1.32 bits per heavy atom. The van der Waals surface area contributed by atoms with Gasteiger partial charge >= 0.3 is 0 Å². The lowest BCUT2D eigenvalue weighted by Crippen LogP contribution is -2.60. The second kappa shape index (κ2) is 5.84. The van der Waals surface area contributed by atoms with Crippen LogP contribution in [0.3, 0.4) is 0 Å². The highest BCUT2D eigenvalue weighted by molar-refractivity contribution is 6.31. The number of likely N-dealkylation sites (tertiary alicyclic amines) is 1. The third-order valence-corrected chi connectivity index (χ3v) is 6.76. The number of benzene rings is 1. The van der Waals surface area contributed by atoms with Crippen molar-refractivity contribution < 1.29 is 14.4 Å². The molecule has 2 atom stereocenters. The van der Waals surface area contributed by atoms with Crippen LogP contribution in [0.1, 0.15) is 39.2 Å². The minimum Gasteiger partial charge on any atom is -0.324 e. The molecule has 0 aromatic heterocycles. The van der Waals surface area contributed by atoms with Crippen molar-refractivity contribution in [3.63, 3.8) is 0 Å². The van der Waals surface area contributed by atoms with Crippen molar-refractivity contribution in [2.45, 2.75) is 40.5 Å². The number of rotatable bonds is 3. The summed E-state index contributed by atoms with van der Waals surface area (Å²) in [7, 11) is 0. The zero-order valence-corrected chi connectivity index (χ0v) is 15.7. The minimum atomic E-state index is -0.599. The first-order valence-corrected chi connectivity index (χ1v) is 8.88. The average molecular weight is 363 g/mol. The van der Waals surface area contributed by atoms with Crippen LogP contribution in [-0.4, -0.2) is 29.2 Å². The predicted molar refractivity (Wildman–Crippen MR) is 96.2 cm³/mol. The molecule has 2 bridgehead atoms. The summed E-state index contributed by atoms with van der Waals surface area (Å²) in [6, 6.07) is 5.23. The molecule has 3 rings (SSSR count). The van der Waals surface area contributed by atoms with Crippen LogP contribution in [0.2, 0.25) is 5.02 Å². The third-order valence-electron chi connectivity index (χ3n) is 6.35. The molecule has 5 nitrogen and oxygen atoms in total. The Bertz CT molecular complexity index is 774. The summed E-state index contributed by atoms with van der Waals surface area (Å²) in [5.74, 6) is -1.08. The summed E-state index contributed by atoms with van der Waals surface area (Å²) < 4.78 is 0. The van der Waals surface area contributed by atoms with Gasteiger partial charge in [0.2, 0.25) is 17.7 Å². The van der Waals surface area contributed by atoms with E-state index >= 15 is 0 Å². The van der Waals surface area contributed by atoms with E-state index in [1.807, 2.05) is 20.8 Å². The molecule has 25 heavy (non-hydrogen) atoms. The third kappa shape index (κ3) is 2.56. The Labute approximate surface area is 152 Å². The predicted octanol–water partition coefficient (Wildman–Crippen LogP) is 3.40. The number of nitrogens with zero attached hydrogens (tertiary/aromatic N) is 1. The highest BCUT2D eigenvalue weighted by Gasteiger charge is 2.64. The molecule has 1 aliphatic carbocycles. The van der Waals surface area contributed by atoms with Crippen LogP contribution in [0, 0.1) is 23.7 Å². The Morgan fingerprint density at radius 2 is 2.00 bits per heavy atom. The van der Waals surface area contributed by atoms with Gasteiger partial charge in [0.25, 0.3) is 0 Å². The second-order valence-electron chi connectivity index (χ2n) is 7.84. The van der Waals surface area contributed by atoms with Gasteiger partial charge in [-0.1, -0.05) is 38.4 Å². The Morgan fingerprint density at radius 3 is 2.68 bits per heavy atom. The maximum Gasteiger partial charge on any atom is 0.244 e. The fourth-order valence-electron chi connectivity index (χ4n) is 4.13. The highest BCUT2D eigenvalue weighted by Crippen LogP contribution is 2.59. The number of anilines is 1. The van der Waals surface area contributed by atoms with Gasteiger partial charge in [0.1, 0.15) is 6.54 Å². The monoisotopic (exact) mass is 362 g/mol. The lowest BCUT2D eigenvalue weighted by Gasteiger charge is -2.47. The summed E-state index contributed by atoms with van der Waals surface area (Å²) in [6.07, 6.45) is 1.38. The van der Waals surface area contributed by atoms with E-state index in [9.17, 15) is 14.4 Å². The average Bonchev–Trinajstić information content (AvgIpc) is 2.73. The lowest BCUT2D eigenvalue weighted by atomic mass is 9.62. The molecule has 1 aromatic rings. The number of fused-ring (bicyclic) bond motifs is 2. The van der Waals surface area contributed by atoms with Gasteiger partial charge in [-0.05, 0) is 42.9 Å². The van der Waals surface area contributed by atoms with Crippen LogP contribution < -0.4 is 5.32 Å². The first-order valence-electron chi connectivity index (χ1n) is 8.50. The van der Waals surface area contributed by atoms with Gasteiger partial charge in [-0.2, -0.15) is 0 Å². The number of imide groups is 1. The van der Waals surface area contributed by atoms with Crippen LogP contribution >= 0.6 is 11.6 Å². The van der Waals surface area contributed by atoms with Crippen LogP contribution in [0.15, 0.2) is 18.2 Å². The zero-order chi connectivity index (χ0) is 18.6. The summed E-state index contributed by atoms with van der Waals surface area (Å²) in [6.45, 7) is 7.42. The molecule has 1 saturated carbocycles. The molecule has 2 unspecified atom stereocenters. The van der Waals surface area contributed by atoms with E-state index in [2.05, 4.69) is 5.32 Å². The molecule has 1 N–H and O–H groups in total. The minimum absolute atomic E-state index is 0.212. The number of hydrogen-bond acceptors (Lipinski definition) is 3. The van der Waals surface area contributed by atoms with Crippen molar-refractivity contribution in [3.05, 3.63) is 28.8 Å². The summed E-state index contributed by atoms with van der Waals surface area (Å²) >= 11 is 6.06. The molecule has 3 amide bonds. The van der Waals surface area contributed by atoms with Gasteiger partial charge in [-0.3, -0.25) is 19.3 Å². The number of nitrogens with one attached hydrogen (secondary N) is 1. The van der Waals surface area contributed by atoms with Gasteiger partial charge < -0.3 is 5.32 Å². The maximum atomic E-state index is 12.9. The molecule has 134 valence electrons. The molecule has 0 radical (unpaired) electrons. The van der Waals surface area contributed by atoms with Crippen molar-refractivity contribution in [1.82, 2.24) is 4.90 Å².